The quantitative estimate of drug-likeness (QED) is 0.562. The molecule has 2 rings (SSSR count). The molecule has 0 nitrogen and oxygen atoms in total. The molecule has 2 aromatic rings. The van der Waals surface area contributed by atoms with Crippen LogP contribution in [0.1, 0.15) is 11.1 Å². The van der Waals surface area contributed by atoms with Crippen molar-refractivity contribution in [2.24, 2.45) is 0 Å². The van der Waals surface area contributed by atoms with Gasteiger partial charge in [-0.05, 0) is 41.6 Å². The first-order chi connectivity index (χ1) is 8.69. The van der Waals surface area contributed by atoms with E-state index in [9.17, 15) is 8.78 Å². The lowest BCUT2D eigenvalue weighted by Crippen LogP contribution is -1.83. The molecule has 0 bridgehead atoms. The van der Waals surface area contributed by atoms with Crippen molar-refractivity contribution in [1.82, 2.24) is 0 Å². The molecule has 0 atom stereocenters. The van der Waals surface area contributed by atoms with Crippen LogP contribution in [0.3, 0.4) is 0 Å². The zero-order valence-electron chi connectivity index (χ0n) is 9.86. The van der Waals surface area contributed by atoms with E-state index in [1.165, 1.54) is 11.0 Å². The Bertz CT molecular complexity index is 559. The maximum atomic E-state index is 13.0. The van der Waals surface area contributed by atoms with Gasteiger partial charge in [0.15, 0.2) is 11.6 Å². The molecule has 0 saturated carbocycles. The van der Waals surface area contributed by atoms with Gasteiger partial charge in [0.2, 0.25) is 0 Å². The van der Waals surface area contributed by atoms with E-state index >= 15 is 0 Å². The number of thioether (sulfide) groups is 1. The fourth-order valence-electron chi connectivity index (χ4n) is 1.52. The molecule has 0 radical (unpaired) electrons. The summed E-state index contributed by atoms with van der Waals surface area (Å²) in [6.07, 6.45) is 5.65. The van der Waals surface area contributed by atoms with Crippen LogP contribution in [-0.4, -0.2) is 6.26 Å². The summed E-state index contributed by atoms with van der Waals surface area (Å²) in [5.41, 5.74) is 1.67. The summed E-state index contributed by atoms with van der Waals surface area (Å²) in [5, 5.41) is 0. The summed E-state index contributed by atoms with van der Waals surface area (Å²) in [4.78, 5) is 1.19. The third kappa shape index (κ3) is 3.20. The van der Waals surface area contributed by atoms with Crippen LogP contribution in [0, 0.1) is 11.6 Å². The molecule has 0 spiro atoms. The predicted molar refractivity (Wildman–Crippen MR) is 73.5 cm³/mol. The standard InChI is InChI=1S/C15H12F2S/c1-18-13-7-4-11(5-8-13)2-3-12-6-9-14(16)15(17)10-12/h2-10H,1H3. The van der Waals surface area contributed by atoms with Gasteiger partial charge in [-0.25, -0.2) is 8.78 Å². The number of benzene rings is 2. The Morgan fingerprint density at radius 1 is 0.833 bits per heavy atom. The third-order valence-corrected chi connectivity index (χ3v) is 3.27. The summed E-state index contributed by atoms with van der Waals surface area (Å²) in [6, 6.07) is 11.9. The van der Waals surface area contributed by atoms with Crippen LogP contribution >= 0.6 is 11.8 Å². The molecular formula is C15H12F2S. The minimum atomic E-state index is -0.824. The third-order valence-electron chi connectivity index (χ3n) is 2.53. The van der Waals surface area contributed by atoms with E-state index in [4.69, 9.17) is 0 Å². The van der Waals surface area contributed by atoms with E-state index in [0.29, 0.717) is 5.56 Å². The summed E-state index contributed by atoms with van der Waals surface area (Å²) in [5.74, 6) is -1.65. The maximum Gasteiger partial charge on any atom is 0.159 e. The van der Waals surface area contributed by atoms with Gasteiger partial charge in [0.05, 0.1) is 0 Å². The summed E-state index contributed by atoms with van der Waals surface area (Å²) >= 11 is 1.68. The van der Waals surface area contributed by atoms with Crippen LogP contribution in [-0.2, 0) is 0 Å². The lowest BCUT2D eigenvalue weighted by atomic mass is 10.1. The van der Waals surface area contributed by atoms with Crippen molar-refractivity contribution in [2.45, 2.75) is 4.90 Å². The number of hydrogen-bond acceptors (Lipinski definition) is 1. The molecule has 0 saturated heterocycles. The molecule has 18 heavy (non-hydrogen) atoms. The second-order valence-electron chi connectivity index (χ2n) is 3.78. The van der Waals surface area contributed by atoms with Gasteiger partial charge in [-0.1, -0.05) is 30.4 Å². The highest BCUT2D eigenvalue weighted by atomic mass is 32.2. The fraction of sp³-hybridized carbons (Fsp3) is 0.0667. The molecule has 3 heteroatoms. The summed E-state index contributed by atoms with van der Waals surface area (Å²) < 4.78 is 25.7. The van der Waals surface area contributed by atoms with Gasteiger partial charge < -0.3 is 0 Å². The number of rotatable bonds is 3. The van der Waals surface area contributed by atoms with Crippen LogP contribution < -0.4 is 0 Å². The Balaban J connectivity index is 2.16. The van der Waals surface area contributed by atoms with Crippen molar-refractivity contribution in [3.05, 3.63) is 65.2 Å². The lowest BCUT2D eigenvalue weighted by molar-refractivity contribution is 0.508. The molecule has 0 aliphatic carbocycles. The summed E-state index contributed by atoms with van der Waals surface area (Å²) in [6.45, 7) is 0. The van der Waals surface area contributed by atoms with E-state index in [0.717, 1.165) is 11.6 Å². The van der Waals surface area contributed by atoms with Crippen molar-refractivity contribution in [2.75, 3.05) is 6.26 Å². The van der Waals surface area contributed by atoms with E-state index < -0.39 is 11.6 Å². The van der Waals surface area contributed by atoms with Gasteiger partial charge in [-0.15, -0.1) is 11.8 Å². The molecule has 0 unspecified atom stereocenters. The van der Waals surface area contributed by atoms with E-state index in [1.54, 1.807) is 23.9 Å². The Hall–Kier alpha value is -1.61. The van der Waals surface area contributed by atoms with Gasteiger partial charge in [0.1, 0.15) is 0 Å². The fourth-order valence-corrected chi connectivity index (χ4v) is 1.93. The normalized spacial score (nSPS) is 11.1. The molecule has 0 amide bonds. The van der Waals surface area contributed by atoms with Gasteiger partial charge in [-0.3, -0.25) is 0 Å². The first kappa shape index (κ1) is 12.8. The second kappa shape index (κ2) is 5.83. The molecule has 92 valence electrons. The Kier molecular flexibility index (Phi) is 4.15. The molecular weight excluding hydrogens is 250 g/mol. The Labute approximate surface area is 109 Å². The minimum Gasteiger partial charge on any atom is -0.204 e. The zero-order valence-corrected chi connectivity index (χ0v) is 10.7. The van der Waals surface area contributed by atoms with Crippen molar-refractivity contribution in [1.29, 1.82) is 0 Å². The minimum absolute atomic E-state index is 0.642. The van der Waals surface area contributed by atoms with E-state index in [1.807, 2.05) is 36.6 Å². The molecule has 0 aliphatic heterocycles. The van der Waals surface area contributed by atoms with E-state index in [-0.39, 0.29) is 0 Å². The molecule has 0 fully saturated rings. The second-order valence-corrected chi connectivity index (χ2v) is 4.66. The highest BCUT2D eigenvalue weighted by Crippen LogP contribution is 2.17. The van der Waals surface area contributed by atoms with Gasteiger partial charge in [0.25, 0.3) is 0 Å². The SMILES string of the molecule is CSc1ccc(C=Cc2ccc(F)c(F)c2)cc1. The topological polar surface area (TPSA) is 0 Å². The average Bonchev–Trinajstić information content (AvgIpc) is 2.41. The molecule has 0 N–H and O–H groups in total. The van der Waals surface area contributed by atoms with Gasteiger partial charge >= 0.3 is 0 Å². The largest absolute Gasteiger partial charge is 0.204 e. The number of hydrogen-bond donors (Lipinski definition) is 0. The van der Waals surface area contributed by atoms with Gasteiger partial charge in [-0.2, -0.15) is 0 Å². The van der Waals surface area contributed by atoms with Crippen LogP contribution in [0.25, 0.3) is 12.2 Å². The average molecular weight is 262 g/mol. The van der Waals surface area contributed by atoms with Crippen molar-refractivity contribution in [3.8, 4) is 0 Å². The molecule has 0 heterocycles. The number of halogens is 2. The van der Waals surface area contributed by atoms with Crippen LogP contribution in [0.2, 0.25) is 0 Å². The lowest BCUT2D eigenvalue weighted by Gasteiger charge is -1.98. The summed E-state index contributed by atoms with van der Waals surface area (Å²) in [7, 11) is 0. The predicted octanol–water partition coefficient (Wildman–Crippen LogP) is 4.86. The van der Waals surface area contributed by atoms with Crippen molar-refractivity contribution >= 4 is 23.9 Å². The van der Waals surface area contributed by atoms with Crippen molar-refractivity contribution < 1.29 is 8.78 Å². The monoisotopic (exact) mass is 262 g/mol. The zero-order chi connectivity index (χ0) is 13.0. The molecule has 2 aromatic carbocycles. The maximum absolute atomic E-state index is 13.0. The van der Waals surface area contributed by atoms with E-state index in [2.05, 4.69) is 0 Å². The van der Waals surface area contributed by atoms with Crippen molar-refractivity contribution in [3.63, 3.8) is 0 Å². The van der Waals surface area contributed by atoms with Crippen LogP contribution in [0.15, 0.2) is 47.4 Å². The highest BCUT2D eigenvalue weighted by molar-refractivity contribution is 7.98. The Morgan fingerprint density at radius 3 is 2.06 bits per heavy atom. The van der Waals surface area contributed by atoms with Crippen LogP contribution in [0.4, 0.5) is 8.78 Å². The Morgan fingerprint density at radius 2 is 1.44 bits per heavy atom. The highest BCUT2D eigenvalue weighted by Gasteiger charge is 1.99. The molecule has 0 aliphatic rings. The van der Waals surface area contributed by atoms with Gasteiger partial charge in [0, 0.05) is 4.90 Å². The van der Waals surface area contributed by atoms with Crippen LogP contribution in [0.5, 0.6) is 0 Å². The first-order valence-corrected chi connectivity index (χ1v) is 6.69. The molecule has 0 aromatic heterocycles. The smallest absolute Gasteiger partial charge is 0.159 e. The first-order valence-electron chi connectivity index (χ1n) is 5.46.